The Hall–Kier alpha value is -1.81. The molecule has 1 aromatic carbocycles. The Kier molecular flexibility index (Phi) is 3.90. The highest BCUT2D eigenvalue weighted by atomic mass is 35.5. The molecule has 0 saturated carbocycles. The number of hydrogen-bond acceptors (Lipinski definition) is 2. The van der Waals surface area contributed by atoms with Crippen molar-refractivity contribution in [3.05, 3.63) is 46.2 Å². The molecule has 19 heavy (non-hydrogen) atoms. The van der Waals surface area contributed by atoms with Gasteiger partial charge in [0.15, 0.2) is 0 Å². The van der Waals surface area contributed by atoms with Crippen LogP contribution in [-0.4, -0.2) is 15.7 Å². The number of para-hydroxylation sites is 1. The molecule has 2 aromatic rings. The molecule has 1 N–H and O–H groups in total. The predicted molar refractivity (Wildman–Crippen MR) is 76.8 cm³/mol. The summed E-state index contributed by atoms with van der Waals surface area (Å²) in [5.41, 5.74) is 3.26. The molecule has 1 aromatic heterocycles. The molecule has 1 heterocycles. The van der Waals surface area contributed by atoms with Crippen LogP contribution in [0.25, 0.3) is 0 Å². The third-order valence-electron chi connectivity index (χ3n) is 3.03. The van der Waals surface area contributed by atoms with Crippen LogP contribution in [0, 0.1) is 13.8 Å². The van der Waals surface area contributed by atoms with E-state index in [1.165, 1.54) is 6.20 Å². The first-order chi connectivity index (χ1) is 9.04. The molecule has 0 saturated heterocycles. The van der Waals surface area contributed by atoms with Crippen LogP contribution < -0.4 is 5.32 Å². The SMILES string of the molecule is CCn1ncc(Cl)c1C(=O)Nc1c(C)cccc1C. The second kappa shape index (κ2) is 5.45. The number of carbonyl (C=O) groups excluding carboxylic acids is 1. The van der Waals surface area contributed by atoms with Crippen molar-refractivity contribution < 1.29 is 4.79 Å². The highest BCUT2D eigenvalue weighted by Crippen LogP contribution is 2.22. The van der Waals surface area contributed by atoms with Crippen molar-refractivity contribution in [3.63, 3.8) is 0 Å². The van der Waals surface area contributed by atoms with Gasteiger partial charge in [-0.25, -0.2) is 0 Å². The quantitative estimate of drug-likeness (QED) is 0.934. The van der Waals surface area contributed by atoms with E-state index in [2.05, 4.69) is 10.4 Å². The lowest BCUT2D eigenvalue weighted by Gasteiger charge is -2.12. The zero-order valence-corrected chi connectivity index (χ0v) is 12.0. The van der Waals surface area contributed by atoms with Crippen LogP contribution in [0.4, 0.5) is 5.69 Å². The first-order valence-corrected chi connectivity index (χ1v) is 6.51. The monoisotopic (exact) mass is 277 g/mol. The van der Waals surface area contributed by atoms with Gasteiger partial charge in [-0.3, -0.25) is 9.48 Å². The molecule has 2 rings (SSSR count). The minimum absolute atomic E-state index is 0.234. The lowest BCUT2D eigenvalue weighted by molar-refractivity contribution is 0.101. The van der Waals surface area contributed by atoms with Crippen molar-refractivity contribution in [2.24, 2.45) is 0 Å². The Morgan fingerprint density at radius 2 is 2.00 bits per heavy atom. The molecule has 0 atom stereocenters. The number of halogens is 1. The van der Waals surface area contributed by atoms with E-state index < -0.39 is 0 Å². The Balaban J connectivity index is 2.34. The first kappa shape index (κ1) is 13.6. The highest BCUT2D eigenvalue weighted by Gasteiger charge is 2.18. The zero-order valence-electron chi connectivity index (χ0n) is 11.2. The van der Waals surface area contributed by atoms with Gasteiger partial charge in [0.1, 0.15) is 5.69 Å². The van der Waals surface area contributed by atoms with Crippen molar-refractivity contribution in [2.75, 3.05) is 5.32 Å². The Morgan fingerprint density at radius 3 is 2.58 bits per heavy atom. The van der Waals surface area contributed by atoms with Gasteiger partial charge in [-0.2, -0.15) is 5.10 Å². The maximum absolute atomic E-state index is 12.3. The zero-order chi connectivity index (χ0) is 14.0. The number of aromatic nitrogens is 2. The van der Waals surface area contributed by atoms with Crippen molar-refractivity contribution in [3.8, 4) is 0 Å². The number of aryl methyl sites for hydroxylation is 3. The van der Waals surface area contributed by atoms with Crippen molar-refractivity contribution in [1.82, 2.24) is 9.78 Å². The minimum Gasteiger partial charge on any atom is -0.320 e. The number of anilines is 1. The van der Waals surface area contributed by atoms with Gasteiger partial charge < -0.3 is 5.32 Å². The fraction of sp³-hybridized carbons (Fsp3) is 0.286. The average Bonchev–Trinajstić information content (AvgIpc) is 2.75. The van der Waals surface area contributed by atoms with Crippen LogP contribution in [-0.2, 0) is 6.54 Å². The molecule has 0 bridgehead atoms. The summed E-state index contributed by atoms with van der Waals surface area (Å²) in [6.07, 6.45) is 1.49. The van der Waals surface area contributed by atoms with E-state index in [0.717, 1.165) is 16.8 Å². The van der Waals surface area contributed by atoms with Crippen LogP contribution in [0.15, 0.2) is 24.4 Å². The van der Waals surface area contributed by atoms with Crippen LogP contribution in [0.2, 0.25) is 5.02 Å². The van der Waals surface area contributed by atoms with E-state index in [1.54, 1.807) is 4.68 Å². The van der Waals surface area contributed by atoms with Crippen LogP contribution in [0.5, 0.6) is 0 Å². The fourth-order valence-electron chi connectivity index (χ4n) is 2.01. The number of nitrogens with one attached hydrogen (secondary N) is 1. The summed E-state index contributed by atoms with van der Waals surface area (Å²) in [5, 5.41) is 7.34. The molecular formula is C14H16ClN3O. The van der Waals surface area contributed by atoms with Gasteiger partial charge >= 0.3 is 0 Å². The number of benzene rings is 1. The van der Waals surface area contributed by atoms with E-state index in [4.69, 9.17) is 11.6 Å². The highest BCUT2D eigenvalue weighted by molar-refractivity contribution is 6.34. The van der Waals surface area contributed by atoms with Crippen LogP contribution >= 0.6 is 11.6 Å². The van der Waals surface area contributed by atoms with Gasteiger partial charge in [0.2, 0.25) is 0 Å². The third-order valence-corrected chi connectivity index (χ3v) is 3.31. The van der Waals surface area contributed by atoms with E-state index in [0.29, 0.717) is 17.3 Å². The minimum atomic E-state index is -0.234. The van der Waals surface area contributed by atoms with E-state index in [-0.39, 0.29) is 5.91 Å². The summed E-state index contributed by atoms with van der Waals surface area (Å²) in [4.78, 5) is 12.3. The lowest BCUT2D eigenvalue weighted by Crippen LogP contribution is -2.19. The van der Waals surface area contributed by atoms with Gasteiger partial charge in [-0.15, -0.1) is 0 Å². The fourth-order valence-corrected chi connectivity index (χ4v) is 2.24. The molecule has 0 radical (unpaired) electrons. The summed E-state index contributed by atoms with van der Waals surface area (Å²) >= 11 is 6.02. The largest absolute Gasteiger partial charge is 0.320 e. The molecule has 0 aliphatic carbocycles. The topological polar surface area (TPSA) is 46.9 Å². The molecule has 100 valence electrons. The molecule has 5 heteroatoms. The summed E-state index contributed by atoms with van der Waals surface area (Å²) in [5.74, 6) is -0.234. The second-order valence-corrected chi connectivity index (χ2v) is 4.79. The third kappa shape index (κ3) is 2.63. The Morgan fingerprint density at radius 1 is 1.37 bits per heavy atom. The standard InChI is InChI=1S/C14H16ClN3O/c1-4-18-13(11(15)8-16-18)14(19)17-12-9(2)6-5-7-10(12)3/h5-8H,4H2,1-3H3,(H,17,19). The smallest absolute Gasteiger partial charge is 0.275 e. The van der Waals surface area contributed by atoms with E-state index in [1.807, 2.05) is 39.0 Å². The predicted octanol–water partition coefficient (Wildman–Crippen LogP) is 3.43. The van der Waals surface area contributed by atoms with Crippen molar-refractivity contribution in [2.45, 2.75) is 27.3 Å². The normalized spacial score (nSPS) is 10.5. The molecule has 0 spiro atoms. The summed E-state index contributed by atoms with van der Waals surface area (Å²) in [7, 11) is 0. The molecule has 1 amide bonds. The van der Waals surface area contributed by atoms with Gasteiger partial charge in [-0.1, -0.05) is 29.8 Å². The number of nitrogens with zero attached hydrogens (tertiary/aromatic N) is 2. The van der Waals surface area contributed by atoms with Crippen LogP contribution in [0.3, 0.4) is 0 Å². The lowest BCUT2D eigenvalue weighted by atomic mass is 10.1. The van der Waals surface area contributed by atoms with E-state index >= 15 is 0 Å². The van der Waals surface area contributed by atoms with Gasteiger partial charge in [0.25, 0.3) is 5.91 Å². The summed E-state index contributed by atoms with van der Waals surface area (Å²) < 4.78 is 1.59. The molecule has 0 unspecified atom stereocenters. The molecule has 4 nitrogen and oxygen atoms in total. The van der Waals surface area contributed by atoms with E-state index in [9.17, 15) is 4.79 Å². The van der Waals surface area contributed by atoms with Gasteiger partial charge in [0, 0.05) is 12.2 Å². The molecule has 0 fully saturated rings. The second-order valence-electron chi connectivity index (χ2n) is 4.38. The Labute approximate surface area is 117 Å². The molecule has 0 aliphatic rings. The van der Waals surface area contributed by atoms with Crippen LogP contribution in [0.1, 0.15) is 28.5 Å². The number of carbonyl (C=O) groups is 1. The first-order valence-electron chi connectivity index (χ1n) is 6.13. The number of rotatable bonds is 3. The molecular weight excluding hydrogens is 262 g/mol. The van der Waals surface area contributed by atoms with Gasteiger partial charge in [0.05, 0.1) is 11.2 Å². The van der Waals surface area contributed by atoms with Gasteiger partial charge in [-0.05, 0) is 31.9 Å². The summed E-state index contributed by atoms with van der Waals surface area (Å²) in [6, 6.07) is 5.88. The van der Waals surface area contributed by atoms with Crippen molar-refractivity contribution in [1.29, 1.82) is 0 Å². The van der Waals surface area contributed by atoms with Crippen molar-refractivity contribution >= 4 is 23.2 Å². The molecule has 0 aliphatic heterocycles. The maximum atomic E-state index is 12.3. The number of hydrogen-bond donors (Lipinski definition) is 1. The number of amides is 1. The summed E-state index contributed by atoms with van der Waals surface area (Å²) in [6.45, 7) is 6.43. The maximum Gasteiger partial charge on any atom is 0.275 e. The Bertz CT molecular complexity index is 599. The average molecular weight is 278 g/mol.